The molecule has 0 spiro atoms. The molecule has 0 saturated heterocycles. The summed E-state index contributed by atoms with van der Waals surface area (Å²) in [6.07, 6.45) is 0. The predicted molar refractivity (Wildman–Crippen MR) is 113 cm³/mol. The number of nitrogens with one attached hydrogen (secondary N) is 1. The summed E-state index contributed by atoms with van der Waals surface area (Å²) in [6.45, 7) is 7.95. The molecule has 152 valence electrons. The van der Waals surface area contributed by atoms with Crippen LogP contribution in [0.3, 0.4) is 0 Å². The first-order valence-corrected chi connectivity index (χ1v) is 9.33. The van der Waals surface area contributed by atoms with Crippen molar-refractivity contribution in [3.05, 3.63) is 64.0 Å². The van der Waals surface area contributed by atoms with Gasteiger partial charge in [0.15, 0.2) is 6.61 Å². The summed E-state index contributed by atoms with van der Waals surface area (Å²) in [6, 6.07) is 12.3. The van der Waals surface area contributed by atoms with Crippen molar-refractivity contribution in [1.82, 2.24) is 0 Å². The van der Waals surface area contributed by atoms with Gasteiger partial charge < -0.3 is 19.2 Å². The standard InChI is InChI=1S/C23H25NO5/c1-14-10-22(26)29-20-12-16(7-8-17(14)20)28-13-21(25)24-18-11-15(23(2,3)4)6-9-19(18)27-5/h6-12H,13H2,1-5H3,(H,24,25). The minimum Gasteiger partial charge on any atom is -0.495 e. The number of methoxy groups -OCH3 is 1. The second-order valence-electron chi connectivity index (χ2n) is 7.91. The Kier molecular flexibility index (Phi) is 5.64. The number of aryl methyl sites for hydroxylation is 1. The summed E-state index contributed by atoms with van der Waals surface area (Å²) < 4.78 is 16.1. The number of carbonyl (C=O) groups is 1. The zero-order valence-corrected chi connectivity index (χ0v) is 17.3. The van der Waals surface area contributed by atoms with Gasteiger partial charge in [0, 0.05) is 17.5 Å². The van der Waals surface area contributed by atoms with Gasteiger partial charge in [0.2, 0.25) is 0 Å². The third-order valence-corrected chi connectivity index (χ3v) is 4.63. The maximum atomic E-state index is 12.4. The highest BCUT2D eigenvalue weighted by molar-refractivity contribution is 5.93. The van der Waals surface area contributed by atoms with Crippen LogP contribution in [0, 0.1) is 6.92 Å². The Balaban J connectivity index is 1.73. The number of rotatable bonds is 5. The van der Waals surface area contributed by atoms with Crippen LogP contribution in [0.15, 0.2) is 51.7 Å². The van der Waals surface area contributed by atoms with Gasteiger partial charge in [-0.05, 0) is 47.7 Å². The zero-order valence-electron chi connectivity index (χ0n) is 17.3. The van der Waals surface area contributed by atoms with E-state index in [1.165, 1.54) is 6.07 Å². The topological polar surface area (TPSA) is 77.8 Å². The molecule has 29 heavy (non-hydrogen) atoms. The molecule has 1 heterocycles. The van der Waals surface area contributed by atoms with Crippen molar-refractivity contribution in [3.8, 4) is 11.5 Å². The van der Waals surface area contributed by atoms with Gasteiger partial charge in [0.05, 0.1) is 12.8 Å². The lowest BCUT2D eigenvalue weighted by atomic mass is 9.87. The molecule has 1 N–H and O–H groups in total. The number of amides is 1. The maximum absolute atomic E-state index is 12.4. The predicted octanol–water partition coefficient (Wildman–Crippen LogP) is 4.43. The number of carbonyl (C=O) groups excluding carboxylic acids is 1. The summed E-state index contributed by atoms with van der Waals surface area (Å²) in [5.41, 5.74) is 2.44. The minimum atomic E-state index is -0.421. The lowest BCUT2D eigenvalue weighted by Crippen LogP contribution is -2.21. The van der Waals surface area contributed by atoms with Crippen molar-refractivity contribution >= 4 is 22.6 Å². The van der Waals surface area contributed by atoms with Crippen LogP contribution in [0.2, 0.25) is 0 Å². The van der Waals surface area contributed by atoms with E-state index < -0.39 is 5.63 Å². The largest absolute Gasteiger partial charge is 0.495 e. The molecule has 0 aliphatic heterocycles. The fraction of sp³-hybridized carbons (Fsp3) is 0.304. The van der Waals surface area contributed by atoms with Crippen molar-refractivity contribution in [1.29, 1.82) is 0 Å². The molecule has 0 saturated carbocycles. The highest BCUT2D eigenvalue weighted by Crippen LogP contribution is 2.31. The lowest BCUT2D eigenvalue weighted by molar-refractivity contribution is -0.118. The third kappa shape index (κ3) is 4.77. The summed E-state index contributed by atoms with van der Waals surface area (Å²) in [5.74, 6) is 0.700. The highest BCUT2D eigenvalue weighted by atomic mass is 16.5. The second-order valence-corrected chi connectivity index (χ2v) is 7.91. The quantitative estimate of drug-likeness (QED) is 0.647. The van der Waals surface area contributed by atoms with Crippen molar-refractivity contribution in [3.63, 3.8) is 0 Å². The van der Waals surface area contributed by atoms with E-state index in [0.29, 0.717) is 22.8 Å². The van der Waals surface area contributed by atoms with Crippen LogP contribution in [-0.2, 0) is 10.2 Å². The van der Waals surface area contributed by atoms with Crippen LogP contribution in [-0.4, -0.2) is 19.6 Å². The molecule has 2 aromatic carbocycles. The molecule has 1 amide bonds. The van der Waals surface area contributed by atoms with Crippen LogP contribution < -0.4 is 20.4 Å². The van der Waals surface area contributed by atoms with E-state index >= 15 is 0 Å². The smallest absolute Gasteiger partial charge is 0.336 e. The molecule has 0 unspecified atom stereocenters. The van der Waals surface area contributed by atoms with E-state index in [2.05, 4.69) is 26.1 Å². The molecular weight excluding hydrogens is 370 g/mol. The average Bonchev–Trinajstić information content (AvgIpc) is 2.65. The van der Waals surface area contributed by atoms with Gasteiger partial charge in [-0.15, -0.1) is 0 Å². The van der Waals surface area contributed by atoms with E-state index in [4.69, 9.17) is 13.9 Å². The van der Waals surface area contributed by atoms with E-state index in [9.17, 15) is 9.59 Å². The minimum absolute atomic E-state index is 0.0601. The Morgan fingerprint density at radius 2 is 1.86 bits per heavy atom. The van der Waals surface area contributed by atoms with E-state index in [1.54, 1.807) is 25.3 Å². The molecule has 6 heteroatoms. The van der Waals surface area contributed by atoms with Crippen LogP contribution in [0.1, 0.15) is 31.9 Å². The van der Waals surface area contributed by atoms with Crippen molar-refractivity contribution in [2.45, 2.75) is 33.1 Å². The summed E-state index contributed by atoms with van der Waals surface area (Å²) in [5, 5.41) is 3.66. The molecule has 3 rings (SSSR count). The van der Waals surface area contributed by atoms with Gasteiger partial charge in [-0.25, -0.2) is 4.79 Å². The fourth-order valence-corrected chi connectivity index (χ4v) is 3.00. The Bertz CT molecular complexity index is 1110. The van der Waals surface area contributed by atoms with Gasteiger partial charge in [-0.1, -0.05) is 26.8 Å². The van der Waals surface area contributed by atoms with Crippen molar-refractivity contribution < 1.29 is 18.7 Å². The molecule has 0 radical (unpaired) electrons. The first kappa shape index (κ1) is 20.5. The Morgan fingerprint density at radius 1 is 1.10 bits per heavy atom. The van der Waals surface area contributed by atoms with Gasteiger partial charge in [-0.2, -0.15) is 0 Å². The van der Waals surface area contributed by atoms with Crippen molar-refractivity contribution in [2.75, 3.05) is 19.0 Å². The van der Waals surface area contributed by atoms with Crippen LogP contribution in [0.4, 0.5) is 5.69 Å². The van der Waals surface area contributed by atoms with Gasteiger partial charge in [0.1, 0.15) is 17.1 Å². The molecule has 0 bridgehead atoms. The van der Waals surface area contributed by atoms with Gasteiger partial charge >= 0.3 is 5.63 Å². The highest BCUT2D eigenvalue weighted by Gasteiger charge is 2.17. The fourth-order valence-electron chi connectivity index (χ4n) is 3.00. The number of ether oxygens (including phenoxy) is 2. The zero-order chi connectivity index (χ0) is 21.2. The monoisotopic (exact) mass is 395 g/mol. The number of fused-ring (bicyclic) bond motifs is 1. The molecule has 3 aromatic rings. The third-order valence-electron chi connectivity index (χ3n) is 4.63. The van der Waals surface area contributed by atoms with Gasteiger partial charge in [-0.3, -0.25) is 4.79 Å². The summed E-state index contributed by atoms with van der Waals surface area (Å²) >= 11 is 0. The molecule has 0 aliphatic rings. The van der Waals surface area contributed by atoms with Crippen LogP contribution >= 0.6 is 0 Å². The Labute approximate surface area is 169 Å². The normalized spacial score (nSPS) is 11.3. The summed E-state index contributed by atoms with van der Waals surface area (Å²) in [4.78, 5) is 24.0. The van der Waals surface area contributed by atoms with Crippen molar-refractivity contribution in [2.24, 2.45) is 0 Å². The molecule has 0 atom stereocenters. The molecule has 0 fully saturated rings. The lowest BCUT2D eigenvalue weighted by Gasteiger charge is -2.21. The second kappa shape index (κ2) is 7.99. The van der Waals surface area contributed by atoms with Crippen LogP contribution in [0.5, 0.6) is 11.5 Å². The van der Waals surface area contributed by atoms with Gasteiger partial charge in [0.25, 0.3) is 5.91 Å². The molecule has 6 nitrogen and oxygen atoms in total. The first-order chi connectivity index (χ1) is 13.7. The molecule has 1 aromatic heterocycles. The number of benzene rings is 2. The number of anilines is 1. The first-order valence-electron chi connectivity index (χ1n) is 9.33. The average molecular weight is 395 g/mol. The number of hydrogen-bond donors (Lipinski definition) is 1. The molecular formula is C23H25NO5. The maximum Gasteiger partial charge on any atom is 0.336 e. The molecule has 0 aliphatic carbocycles. The SMILES string of the molecule is COc1ccc(C(C)(C)C)cc1NC(=O)COc1ccc2c(C)cc(=O)oc2c1. The number of hydrogen-bond acceptors (Lipinski definition) is 5. The van der Waals surface area contributed by atoms with Crippen LogP contribution in [0.25, 0.3) is 11.0 Å². The van der Waals surface area contributed by atoms with E-state index in [1.807, 2.05) is 25.1 Å². The Hall–Kier alpha value is -3.28. The summed E-state index contributed by atoms with van der Waals surface area (Å²) in [7, 11) is 1.56. The van der Waals surface area contributed by atoms with E-state index in [-0.39, 0.29) is 17.9 Å². The Morgan fingerprint density at radius 3 is 2.55 bits per heavy atom. The van der Waals surface area contributed by atoms with E-state index in [0.717, 1.165) is 16.5 Å².